The van der Waals surface area contributed by atoms with Crippen molar-refractivity contribution >= 4 is 16.7 Å². The topological polar surface area (TPSA) is 41.6 Å². The third-order valence-electron chi connectivity index (χ3n) is 4.80. The average molecular weight is 326 g/mol. The van der Waals surface area contributed by atoms with Crippen molar-refractivity contribution in [2.75, 3.05) is 26.7 Å². The third kappa shape index (κ3) is 4.06. The first-order valence-corrected chi connectivity index (χ1v) is 8.83. The molecule has 1 heterocycles. The summed E-state index contributed by atoms with van der Waals surface area (Å²) in [6, 6.07) is 14.9. The fraction of sp³-hybridized carbons (Fsp3) is 0.450. The van der Waals surface area contributed by atoms with E-state index in [1.807, 2.05) is 36.2 Å². The molecule has 1 aliphatic rings. The van der Waals surface area contributed by atoms with Gasteiger partial charge < -0.3 is 15.0 Å². The number of carbonyl (C=O) groups is 1. The number of fused-ring (bicyclic) bond motifs is 1. The molecule has 128 valence electrons. The molecular formula is C20H26N2O2. The number of hydrogen-bond acceptors (Lipinski definition) is 3. The number of piperidine rings is 1. The normalized spacial score (nSPS) is 15.6. The third-order valence-corrected chi connectivity index (χ3v) is 4.80. The zero-order valence-corrected chi connectivity index (χ0v) is 14.3. The highest BCUT2D eigenvalue weighted by Gasteiger charge is 2.21. The smallest absolute Gasteiger partial charge is 0.222 e. The van der Waals surface area contributed by atoms with Crippen LogP contribution in [0.15, 0.2) is 42.5 Å². The summed E-state index contributed by atoms with van der Waals surface area (Å²) in [5, 5.41) is 5.60. The van der Waals surface area contributed by atoms with Crippen molar-refractivity contribution in [1.82, 2.24) is 10.2 Å². The lowest BCUT2D eigenvalue weighted by Crippen LogP contribution is -2.43. The van der Waals surface area contributed by atoms with Crippen LogP contribution in [0.5, 0.6) is 5.75 Å². The molecule has 1 amide bonds. The molecule has 1 saturated heterocycles. The number of hydrogen-bond donors (Lipinski definition) is 1. The summed E-state index contributed by atoms with van der Waals surface area (Å²) in [4.78, 5) is 14.3. The van der Waals surface area contributed by atoms with Gasteiger partial charge in [0, 0.05) is 30.9 Å². The second kappa shape index (κ2) is 8.15. The lowest BCUT2D eigenvalue weighted by molar-refractivity contribution is -0.132. The van der Waals surface area contributed by atoms with Crippen LogP contribution in [-0.4, -0.2) is 43.6 Å². The van der Waals surface area contributed by atoms with Gasteiger partial charge in [0.2, 0.25) is 5.91 Å². The Hall–Kier alpha value is -2.07. The number of nitrogens with one attached hydrogen (secondary N) is 1. The van der Waals surface area contributed by atoms with Gasteiger partial charge in [0.1, 0.15) is 5.75 Å². The van der Waals surface area contributed by atoms with E-state index in [0.717, 1.165) is 43.5 Å². The molecule has 2 aromatic carbocycles. The van der Waals surface area contributed by atoms with E-state index in [-0.39, 0.29) is 5.91 Å². The number of carbonyl (C=O) groups excluding carboxylic acids is 1. The van der Waals surface area contributed by atoms with Gasteiger partial charge in [0.25, 0.3) is 0 Å². The molecular weight excluding hydrogens is 300 g/mol. The second-order valence-electron chi connectivity index (χ2n) is 6.37. The van der Waals surface area contributed by atoms with Gasteiger partial charge in [-0.15, -0.1) is 0 Å². The Morgan fingerprint density at radius 3 is 2.71 bits per heavy atom. The molecule has 0 saturated carbocycles. The standard InChI is InChI=1S/C20H26N2O2/c1-21-17-11-13-22(14-12-17)20(23)10-5-15-24-19-9-4-7-16-6-2-3-8-18(16)19/h2-4,6-9,17,21H,5,10-15H2,1H3. The molecule has 24 heavy (non-hydrogen) atoms. The van der Waals surface area contributed by atoms with Crippen LogP contribution in [0, 0.1) is 0 Å². The second-order valence-corrected chi connectivity index (χ2v) is 6.37. The Labute approximate surface area is 143 Å². The first kappa shape index (κ1) is 16.8. The van der Waals surface area contributed by atoms with E-state index in [2.05, 4.69) is 23.5 Å². The van der Waals surface area contributed by atoms with Crippen molar-refractivity contribution in [3.63, 3.8) is 0 Å². The summed E-state index contributed by atoms with van der Waals surface area (Å²) >= 11 is 0. The van der Waals surface area contributed by atoms with Crippen molar-refractivity contribution in [3.8, 4) is 5.75 Å². The molecule has 4 nitrogen and oxygen atoms in total. The highest BCUT2D eigenvalue weighted by Crippen LogP contribution is 2.25. The zero-order chi connectivity index (χ0) is 16.8. The van der Waals surface area contributed by atoms with E-state index in [4.69, 9.17) is 4.74 Å². The maximum atomic E-state index is 12.3. The molecule has 0 spiro atoms. The van der Waals surface area contributed by atoms with Crippen LogP contribution in [0.25, 0.3) is 10.8 Å². The minimum atomic E-state index is 0.256. The number of ether oxygens (including phenoxy) is 1. The Morgan fingerprint density at radius 2 is 1.92 bits per heavy atom. The average Bonchev–Trinajstić information content (AvgIpc) is 2.65. The van der Waals surface area contributed by atoms with Gasteiger partial charge in [0.05, 0.1) is 6.61 Å². The van der Waals surface area contributed by atoms with Crippen LogP contribution >= 0.6 is 0 Å². The Balaban J connectivity index is 1.44. The highest BCUT2D eigenvalue weighted by molar-refractivity contribution is 5.88. The maximum Gasteiger partial charge on any atom is 0.222 e. The van der Waals surface area contributed by atoms with Crippen molar-refractivity contribution in [2.45, 2.75) is 31.7 Å². The number of nitrogens with zero attached hydrogens (tertiary/aromatic N) is 1. The lowest BCUT2D eigenvalue weighted by Gasteiger charge is -2.31. The molecule has 1 aliphatic heterocycles. The van der Waals surface area contributed by atoms with E-state index in [1.165, 1.54) is 5.39 Å². The van der Waals surface area contributed by atoms with E-state index in [9.17, 15) is 4.79 Å². The maximum absolute atomic E-state index is 12.3. The molecule has 1 fully saturated rings. The molecule has 0 aromatic heterocycles. The first-order chi connectivity index (χ1) is 11.8. The van der Waals surface area contributed by atoms with E-state index in [1.54, 1.807) is 0 Å². The summed E-state index contributed by atoms with van der Waals surface area (Å²) in [6.07, 6.45) is 3.42. The van der Waals surface area contributed by atoms with E-state index >= 15 is 0 Å². The largest absolute Gasteiger partial charge is 0.493 e. The molecule has 0 bridgehead atoms. The Bertz CT molecular complexity index is 673. The number of benzene rings is 2. The van der Waals surface area contributed by atoms with E-state index < -0.39 is 0 Å². The van der Waals surface area contributed by atoms with Crippen LogP contribution in [0.1, 0.15) is 25.7 Å². The van der Waals surface area contributed by atoms with Crippen molar-refractivity contribution in [1.29, 1.82) is 0 Å². The van der Waals surface area contributed by atoms with Gasteiger partial charge in [0.15, 0.2) is 0 Å². The summed E-state index contributed by atoms with van der Waals surface area (Å²) in [7, 11) is 1.99. The Morgan fingerprint density at radius 1 is 1.17 bits per heavy atom. The van der Waals surface area contributed by atoms with Crippen molar-refractivity contribution in [2.24, 2.45) is 0 Å². The van der Waals surface area contributed by atoms with Gasteiger partial charge in [-0.05, 0) is 37.8 Å². The molecule has 0 radical (unpaired) electrons. The van der Waals surface area contributed by atoms with Gasteiger partial charge in [-0.3, -0.25) is 4.79 Å². The molecule has 0 aliphatic carbocycles. The van der Waals surface area contributed by atoms with E-state index in [0.29, 0.717) is 19.1 Å². The molecule has 0 unspecified atom stereocenters. The fourth-order valence-corrected chi connectivity index (χ4v) is 3.30. The molecule has 3 rings (SSSR count). The monoisotopic (exact) mass is 326 g/mol. The quantitative estimate of drug-likeness (QED) is 0.829. The van der Waals surface area contributed by atoms with Crippen molar-refractivity contribution < 1.29 is 9.53 Å². The van der Waals surface area contributed by atoms with Gasteiger partial charge in [-0.25, -0.2) is 0 Å². The van der Waals surface area contributed by atoms with Crippen LogP contribution < -0.4 is 10.1 Å². The zero-order valence-electron chi connectivity index (χ0n) is 14.3. The minimum Gasteiger partial charge on any atom is -0.493 e. The van der Waals surface area contributed by atoms with Crippen LogP contribution in [0.2, 0.25) is 0 Å². The first-order valence-electron chi connectivity index (χ1n) is 8.83. The number of amides is 1. The summed E-state index contributed by atoms with van der Waals surface area (Å²) < 4.78 is 5.91. The number of likely N-dealkylation sites (tertiary alicyclic amines) is 1. The van der Waals surface area contributed by atoms with Gasteiger partial charge in [-0.1, -0.05) is 36.4 Å². The van der Waals surface area contributed by atoms with Gasteiger partial charge >= 0.3 is 0 Å². The van der Waals surface area contributed by atoms with Gasteiger partial charge in [-0.2, -0.15) is 0 Å². The summed E-state index contributed by atoms with van der Waals surface area (Å²) in [5.74, 6) is 1.15. The van der Waals surface area contributed by atoms with Crippen LogP contribution in [-0.2, 0) is 4.79 Å². The predicted octanol–water partition coefficient (Wildman–Crippen LogP) is 3.21. The molecule has 2 aromatic rings. The van der Waals surface area contributed by atoms with Crippen LogP contribution in [0.4, 0.5) is 0 Å². The SMILES string of the molecule is CNC1CCN(C(=O)CCCOc2cccc3ccccc23)CC1. The summed E-state index contributed by atoms with van der Waals surface area (Å²) in [6.45, 7) is 2.32. The fourth-order valence-electron chi connectivity index (χ4n) is 3.30. The Kier molecular flexibility index (Phi) is 5.70. The van der Waals surface area contributed by atoms with Crippen LogP contribution in [0.3, 0.4) is 0 Å². The predicted molar refractivity (Wildman–Crippen MR) is 97.3 cm³/mol. The summed E-state index contributed by atoms with van der Waals surface area (Å²) in [5.41, 5.74) is 0. The minimum absolute atomic E-state index is 0.256. The molecule has 0 atom stereocenters. The number of rotatable bonds is 6. The lowest BCUT2D eigenvalue weighted by atomic mass is 10.0. The molecule has 1 N–H and O–H groups in total. The highest BCUT2D eigenvalue weighted by atomic mass is 16.5. The molecule has 4 heteroatoms. The van der Waals surface area contributed by atoms with Crippen molar-refractivity contribution in [3.05, 3.63) is 42.5 Å².